The van der Waals surface area contributed by atoms with Gasteiger partial charge in [0, 0.05) is 5.69 Å². The predicted octanol–water partition coefficient (Wildman–Crippen LogP) is 2.51. The molecule has 2 heterocycles. The lowest BCUT2D eigenvalue weighted by Gasteiger charge is -2.23. The Morgan fingerprint density at radius 3 is 2.76 bits per heavy atom. The number of ether oxygens (including phenoxy) is 1. The number of hydrogen-bond donors (Lipinski definition) is 2. The molecule has 7 nitrogen and oxygen atoms in total. The molecule has 25 heavy (non-hydrogen) atoms. The summed E-state index contributed by atoms with van der Waals surface area (Å²) in [7, 11) is 1.58. The van der Waals surface area contributed by atoms with Crippen molar-refractivity contribution in [2.45, 2.75) is 12.5 Å². The summed E-state index contributed by atoms with van der Waals surface area (Å²) in [6, 6.07) is 13.7. The molecule has 7 heteroatoms. The standard InChI is InChI=1S/C18H16N4O3/c1-25-12-8-6-11(7-9-12)19-17(24)14-10-16(23)22-15-5-3-2-4-13(15)20-18(22)21-14/h2-9,14H,10H2,1H3,(H,19,24)(H,20,21)/t14-/m1/s1. The second kappa shape index (κ2) is 5.94. The molecule has 0 spiro atoms. The van der Waals surface area contributed by atoms with Gasteiger partial charge in [0.2, 0.25) is 17.8 Å². The normalized spacial score (nSPS) is 16.2. The first-order valence-electron chi connectivity index (χ1n) is 7.88. The molecule has 4 rings (SSSR count). The predicted molar refractivity (Wildman–Crippen MR) is 94.0 cm³/mol. The number of anilines is 2. The van der Waals surface area contributed by atoms with E-state index in [-0.39, 0.29) is 18.2 Å². The number of benzene rings is 2. The number of imidazole rings is 1. The van der Waals surface area contributed by atoms with Gasteiger partial charge in [0.15, 0.2) is 0 Å². The minimum Gasteiger partial charge on any atom is -0.497 e. The van der Waals surface area contributed by atoms with E-state index in [0.717, 1.165) is 11.0 Å². The minimum absolute atomic E-state index is 0.0648. The summed E-state index contributed by atoms with van der Waals surface area (Å²) < 4.78 is 6.61. The van der Waals surface area contributed by atoms with Crippen molar-refractivity contribution in [2.24, 2.45) is 0 Å². The van der Waals surface area contributed by atoms with Crippen molar-refractivity contribution < 1.29 is 14.3 Å². The number of para-hydroxylation sites is 2. The Morgan fingerprint density at radius 1 is 1.24 bits per heavy atom. The van der Waals surface area contributed by atoms with Crippen molar-refractivity contribution in [3.63, 3.8) is 0 Å². The van der Waals surface area contributed by atoms with Crippen LogP contribution in [0.25, 0.3) is 11.0 Å². The van der Waals surface area contributed by atoms with Gasteiger partial charge in [-0.3, -0.25) is 9.59 Å². The van der Waals surface area contributed by atoms with Gasteiger partial charge in [0.25, 0.3) is 0 Å². The molecule has 1 aliphatic heterocycles. The van der Waals surface area contributed by atoms with Crippen LogP contribution in [0.3, 0.4) is 0 Å². The lowest BCUT2D eigenvalue weighted by atomic mass is 10.1. The fraction of sp³-hybridized carbons (Fsp3) is 0.167. The van der Waals surface area contributed by atoms with E-state index >= 15 is 0 Å². The number of fused-ring (bicyclic) bond motifs is 3. The van der Waals surface area contributed by atoms with Gasteiger partial charge in [-0.2, -0.15) is 0 Å². The average Bonchev–Trinajstić information content (AvgIpc) is 3.01. The van der Waals surface area contributed by atoms with Crippen molar-refractivity contribution in [2.75, 3.05) is 17.7 Å². The molecular weight excluding hydrogens is 320 g/mol. The second-order valence-corrected chi connectivity index (χ2v) is 5.77. The van der Waals surface area contributed by atoms with Gasteiger partial charge < -0.3 is 15.4 Å². The van der Waals surface area contributed by atoms with Gasteiger partial charge in [-0.1, -0.05) is 12.1 Å². The van der Waals surface area contributed by atoms with Gasteiger partial charge in [0.1, 0.15) is 11.8 Å². The molecule has 0 saturated carbocycles. The number of amides is 1. The van der Waals surface area contributed by atoms with Crippen molar-refractivity contribution in [1.82, 2.24) is 9.55 Å². The number of hydrogen-bond acceptors (Lipinski definition) is 5. The SMILES string of the molecule is COc1ccc(NC(=O)[C@H]2CC(=O)n3c(nc4ccccc43)N2)cc1. The Labute approximate surface area is 143 Å². The zero-order valence-electron chi connectivity index (χ0n) is 13.5. The van der Waals surface area contributed by atoms with E-state index < -0.39 is 6.04 Å². The summed E-state index contributed by atoms with van der Waals surface area (Å²) in [5, 5.41) is 5.86. The first-order chi connectivity index (χ1) is 12.2. The highest BCUT2D eigenvalue weighted by Gasteiger charge is 2.31. The highest BCUT2D eigenvalue weighted by molar-refractivity contribution is 6.04. The zero-order chi connectivity index (χ0) is 17.4. The molecule has 2 aromatic carbocycles. The lowest BCUT2D eigenvalue weighted by Crippen LogP contribution is -2.42. The maximum atomic E-state index is 12.5. The highest BCUT2D eigenvalue weighted by Crippen LogP contribution is 2.25. The molecule has 1 aliphatic rings. The Bertz CT molecular complexity index is 962. The average molecular weight is 336 g/mol. The molecule has 2 N–H and O–H groups in total. The van der Waals surface area contributed by atoms with Gasteiger partial charge in [-0.15, -0.1) is 0 Å². The van der Waals surface area contributed by atoms with Gasteiger partial charge >= 0.3 is 0 Å². The van der Waals surface area contributed by atoms with E-state index in [1.807, 2.05) is 24.3 Å². The van der Waals surface area contributed by atoms with Crippen LogP contribution >= 0.6 is 0 Å². The molecule has 0 saturated heterocycles. The fourth-order valence-corrected chi connectivity index (χ4v) is 2.91. The molecule has 3 aromatic rings. The van der Waals surface area contributed by atoms with E-state index in [4.69, 9.17) is 4.74 Å². The van der Waals surface area contributed by atoms with Gasteiger partial charge in [-0.25, -0.2) is 9.55 Å². The topological polar surface area (TPSA) is 85.2 Å². The van der Waals surface area contributed by atoms with E-state index in [0.29, 0.717) is 17.4 Å². The number of carbonyl (C=O) groups is 2. The smallest absolute Gasteiger partial charge is 0.247 e. The summed E-state index contributed by atoms with van der Waals surface area (Å²) in [5.41, 5.74) is 2.10. The summed E-state index contributed by atoms with van der Waals surface area (Å²) in [4.78, 5) is 29.4. The maximum Gasteiger partial charge on any atom is 0.247 e. The first-order valence-corrected chi connectivity index (χ1v) is 7.88. The Balaban J connectivity index is 1.55. The van der Waals surface area contributed by atoms with Crippen LogP contribution in [0.2, 0.25) is 0 Å². The lowest BCUT2D eigenvalue weighted by molar-refractivity contribution is -0.117. The monoisotopic (exact) mass is 336 g/mol. The van der Waals surface area contributed by atoms with Crippen LogP contribution < -0.4 is 15.4 Å². The van der Waals surface area contributed by atoms with Gasteiger partial charge in [0.05, 0.1) is 24.6 Å². The molecule has 1 aromatic heterocycles. The third kappa shape index (κ3) is 2.69. The highest BCUT2D eigenvalue weighted by atomic mass is 16.5. The van der Waals surface area contributed by atoms with E-state index in [9.17, 15) is 9.59 Å². The number of aromatic nitrogens is 2. The molecule has 126 valence electrons. The first kappa shape index (κ1) is 15.2. The molecule has 0 bridgehead atoms. The van der Waals surface area contributed by atoms with Gasteiger partial charge in [-0.05, 0) is 36.4 Å². The minimum atomic E-state index is -0.668. The largest absolute Gasteiger partial charge is 0.497 e. The number of nitrogens with zero attached hydrogens (tertiary/aromatic N) is 2. The summed E-state index contributed by atoms with van der Waals surface area (Å²) >= 11 is 0. The fourth-order valence-electron chi connectivity index (χ4n) is 2.91. The molecule has 0 radical (unpaired) electrons. The van der Waals surface area contributed by atoms with Crippen LogP contribution in [0, 0.1) is 0 Å². The van der Waals surface area contributed by atoms with E-state index in [1.54, 1.807) is 31.4 Å². The Kier molecular flexibility index (Phi) is 3.61. The number of rotatable bonds is 3. The number of methoxy groups -OCH3 is 1. The molecular formula is C18H16N4O3. The summed E-state index contributed by atoms with van der Waals surface area (Å²) in [6.07, 6.45) is 0.0648. The van der Waals surface area contributed by atoms with Crippen molar-refractivity contribution in [1.29, 1.82) is 0 Å². The van der Waals surface area contributed by atoms with Crippen molar-refractivity contribution in [3.05, 3.63) is 48.5 Å². The van der Waals surface area contributed by atoms with Crippen LogP contribution in [0.4, 0.5) is 11.6 Å². The molecule has 1 amide bonds. The quantitative estimate of drug-likeness (QED) is 0.768. The van der Waals surface area contributed by atoms with Crippen LogP contribution in [-0.2, 0) is 4.79 Å². The van der Waals surface area contributed by atoms with Crippen LogP contribution in [-0.4, -0.2) is 34.5 Å². The Morgan fingerprint density at radius 2 is 2.00 bits per heavy atom. The zero-order valence-corrected chi connectivity index (χ0v) is 13.5. The van der Waals surface area contributed by atoms with Crippen LogP contribution in [0.15, 0.2) is 48.5 Å². The third-order valence-corrected chi connectivity index (χ3v) is 4.17. The van der Waals surface area contributed by atoms with Crippen LogP contribution in [0.5, 0.6) is 5.75 Å². The molecule has 0 unspecified atom stereocenters. The molecule has 0 fully saturated rings. The Hall–Kier alpha value is -3.35. The van der Waals surface area contributed by atoms with E-state index in [1.165, 1.54) is 4.57 Å². The van der Waals surface area contributed by atoms with Crippen molar-refractivity contribution in [3.8, 4) is 5.75 Å². The second-order valence-electron chi connectivity index (χ2n) is 5.77. The summed E-state index contributed by atoms with van der Waals surface area (Å²) in [6.45, 7) is 0. The molecule has 1 atom stereocenters. The van der Waals surface area contributed by atoms with E-state index in [2.05, 4.69) is 15.6 Å². The van der Waals surface area contributed by atoms with Crippen molar-refractivity contribution >= 4 is 34.5 Å². The molecule has 0 aliphatic carbocycles. The number of nitrogens with one attached hydrogen (secondary N) is 2. The maximum absolute atomic E-state index is 12.5. The third-order valence-electron chi connectivity index (χ3n) is 4.17. The number of carbonyl (C=O) groups excluding carboxylic acids is 2. The summed E-state index contributed by atoms with van der Waals surface area (Å²) in [5.74, 6) is 0.666. The van der Waals surface area contributed by atoms with Crippen LogP contribution in [0.1, 0.15) is 11.2 Å².